The van der Waals surface area contributed by atoms with Crippen molar-refractivity contribution in [1.82, 2.24) is 10.2 Å². The highest BCUT2D eigenvalue weighted by Crippen LogP contribution is 2.38. The lowest BCUT2D eigenvalue weighted by atomic mass is 9.89. The van der Waals surface area contributed by atoms with Gasteiger partial charge in [0, 0.05) is 34.3 Å². The number of aliphatic hydroxyl groups excluding tert-OH is 1. The van der Waals surface area contributed by atoms with Crippen molar-refractivity contribution in [2.45, 2.75) is 50.9 Å². The second kappa shape index (κ2) is 11.2. The fourth-order valence-electron chi connectivity index (χ4n) is 5.20. The number of carbonyl (C=O) groups is 1. The summed E-state index contributed by atoms with van der Waals surface area (Å²) >= 11 is 8.16. The second-order valence-electron chi connectivity index (χ2n) is 9.67. The van der Waals surface area contributed by atoms with Crippen LogP contribution in [-0.4, -0.2) is 40.2 Å². The van der Waals surface area contributed by atoms with Crippen molar-refractivity contribution < 1.29 is 15.0 Å². The molecule has 5 rings (SSSR count). The molecular weight excluding hydrogens is 504 g/mol. The molecule has 1 amide bonds. The average Bonchev–Trinajstić information content (AvgIpc) is 3.29. The first-order valence-corrected chi connectivity index (χ1v) is 13.8. The summed E-state index contributed by atoms with van der Waals surface area (Å²) in [6.07, 6.45) is 3.77. The van der Waals surface area contributed by atoms with Crippen LogP contribution in [0.2, 0.25) is 5.02 Å². The number of hydrogen-bond donors (Lipinski definition) is 3. The van der Waals surface area contributed by atoms with Gasteiger partial charge in [-0.15, -0.1) is 11.3 Å². The molecule has 1 saturated carbocycles. The molecular formula is C30H31ClN2O3S. The number of nitrogens with one attached hydrogen (secondary N) is 1. The predicted octanol–water partition coefficient (Wildman–Crippen LogP) is 6.59. The monoisotopic (exact) mass is 534 g/mol. The van der Waals surface area contributed by atoms with Crippen molar-refractivity contribution in [3.05, 3.63) is 87.8 Å². The van der Waals surface area contributed by atoms with Gasteiger partial charge >= 0.3 is 0 Å². The molecule has 0 spiro atoms. The van der Waals surface area contributed by atoms with E-state index in [-0.39, 0.29) is 24.3 Å². The third-order valence-electron chi connectivity index (χ3n) is 7.43. The molecule has 4 aromatic rings. The normalized spacial score (nSPS) is 17.7. The Bertz CT molecular complexity index is 1390. The molecule has 37 heavy (non-hydrogen) atoms. The molecule has 0 aliphatic heterocycles. The van der Waals surface area contributed by atoms with Gasteiger partial charge in [-0.1, -0.05) is 60.1 Å². The van der Waals surface area contributed by atoms with Gasteiger partial charge in [0.2, 0.25) is 0 Å². The summed E-state index contributed by atoms with van der Waals surface area (Å²) in [5, 5.41) is 24.9. The Balaban J connectivity index is 1.49. The number of aromatic hydroxyl groups is 1. The standard InChI is InChI=1S/C30H31ClN2O3S/c1-32-23-11-13-24(14-12-23)33(30(36)29-28(31)25-4-2-3-5-27(25)37-29)17-22-16-21(10-15-26(22)35)20-8-6-19(18-34)7-9-20/h2-10,15-16,23-24,32,34-35H,11-14,17-18H2,1H3/t23-,24-. The molecule has 5 nitrogen and oxygen atoms in total. The van der Waals surface area contributed by atoms with Crippen molar-refractivity contribution in [3.8, 4) is 16.9 Å². The molecule has 0 bridgehead atoms. The average molecular weight is 535 g/mol. The molecule has 0 saturated heterocycles. The van der Waals surface area contributed by atoms with Gasteiger partial charge in [0.05, 0.1) is 11.6 Å². The minimum atomic E-state index is -0.0868. The van der Waals surface area contributed by atoms with Crippen LogP contribution in [0.1, 0.15) is 46.5 Å². The Kier molecular flexibility index (Phi) is 7.81. The molecule has 0 atom stereocenters. The number of rotatable bonds is 7. The fraction of sp³-hybridized carbons (Fsp3) is 0.300. The lowest BCUT2D eigenvalue weighted by Gasteiger charge is -2.37. The molecule has 0 radical (unpaired) electrons. The number of hydrogen-bond acceptors (Lipinski definition) is 5. The van der Waals surface area contributed by atoms with E-state index in [2.05, 4.69) is 5.32 Å². The molecule has 1 aromatic heterocycles. The lowest BCUT2D eigenvalue weighted by Crippen LogP contribution is -2.44. The molecule has 192 valence electrons. The molecule has 1 fully saturated rings. The minimum Gasteiger partial charge on any atom is -0.508 e. The van der Waals surface area contributed by atoms with Gasteiger partial charge in [0.15, 0.2) is 0 Å². The highest BCUT2D eigenvalue weighted by molar-refractivity contribution is 7.21. The van der Waals surface area contributed by atoms with Crippen molar-refractivity contribution in [2.75, 3.05) is 7.05 Å². The van der Waals surface area contributed by atoms with E-state index in [0.29, 0.717) is 28.0 Å². The quantitative estimate of drug-likeness (QED) is 0.250. The van der Waals surface area contributed by atoms with Crippen molar-refractivity contribution >= 4 is 38.9 Å². The number of phenolic OH excluding ortho intramolecular Hbond substituents is 1. The van der Waals surface area contributed by atoms with Crippen LogP contribution in [0.15, 0.2) is 66.7 Å². The van der Waals surface area contributed by atoms with Gasteiger partial charge in [-0.2, -0.15) is 0 Å². The van der Waals surface area contributed by atoms with Crippen LogP contribution in [0.25, 0.3) is 21.2 Å². The predicted molar refractivity (Wildman–Crippen MR) is 151 cm³/mol. The largest absolute Gasteiger partial charge is 0.508 e. The number of thiophene rings is 1. The van der Waals surface area contributed by atoms with Crippen LogP contribution in [0.3, 0.4) is 0 Å². The van der Waals surface area contributed by atoms with Crippen LogP contribution in [0, 0.1) is 0 Å². The summed E-state index contributed by atoms with van der Waals surface area (Å²) in [7, 11) is 1.99. The van der Waals surface area contributed by atoms with E-state index in [1.807, 2.05) is 72.6 Å². The van der Waals surface area contributed by atoms with Gasteiger partial charge in [-0.05, 0) is 67.6 Å². The van der Waals surface area contributed by atoms with E-state index >= 15 is 0 Å². The number of phenols is 1. The Morgan fingerprint density at radius 1 is 1.03 bits per heavy atom. The van der Waals surface area contributed by atoms with Crippen LogP contribution in [0.4, 0.5) is 0 Å². The zero-order valence-electron chi connectivity index (χ0n) is 20.8. The van der Waals surface area contributed by atoms with Gasteiger partial charge in [0.1, 0.15) is 10.6 Å². The lowest BCUT2D eigenvalue weighted by molar-refractivity contribution is 0.0605. The van der Waals surface area contributed by atoms with Crippen LogP contribution in [-0.2, 0) is 13.2 Å². The first kappa shape index (κ1) is 25.7. The smallest absolute Gasteiger partial charge is 0.266 e. The first-order valence-electron chi connectivity index (χ1n) is 12.7. The number of nitrogens with zero attached hydrogens (tertiary/aromatic N) is 1. The van der Waals surface area contributed by atoms with Crippen molar-refractivity contribution in [3.63, 3.8) is 0 Å². The molecule has 0 unspecified atom stereocenters. The summed E-state index contributed by atoms with van der Waals surface area (Å²) in [4.78, 5) is 16.5. The van der Waals surface area contributed by atoms with Crippen molar-refractivity contribution in [2.24, 2.45) is 0 Å². The van der Waals surface area contributed by atoms with E-state index in [1.165, 1.54) is 11.3 Å². The Morgan fingerprint density at radius 2 is 1.73 bits per heavy atom. The zero-order chi connectivity index (χ0) is 25.9. The molecule has 7 heteroatoms. The number of carbonyl (C=O) groups excluding carboxylic acids is 1. The zero-order valence-corrected chi connectivity index (χ0v) is 22.4. The summed E-state index contributed by atoms with van der Waals surface area (Å²) in [5.41, 5.74) is 3.48. The number of amides is 1. The van der Waals surface area contributed by atoms with Gasteiger partial charge in [-0.25, -0.2) is 0 Å². The molecule has 3 N–H and O–H groups in total. The highest BCUT2D eigenvalue weighted by Gasteiger charge is 2.32. The number of benzene rings is 3. The number of halogens is 1. The van der Waals surface area contributed by atoms with E-state index in [4.69, 9.17) is 11.6 Å². The van der Waals surface area contributed by atoms with E-state index < -0.39 is 0 Å². The summed E-state index contributed by atoms with van der Waals surface area (Å²) in [5.74, 6) is 0.0797. The van der Waals surface area contributed by atoms with Gasteiger partial charge in [0.25, 0.3) is 5.91 Å². The van der Waals surface area contributed by atoms with E-state index in [1.54, 1.807) is 6.07 Å². The van der Waals surface area contributed by atoms with Gasteiger partial charge in [-0.3, -0.25) is 4.79 Å². The maximum atomic E-state index is 14.1. The topological polar surface area (TPSA) is 72.8 Å². The van der Waals surface area contributed by atoms with Crippen LogP contribution in [0.5, 0.6) is 5.75 Å². The third-order valence-corrected chi connectivity index (χ3v) is 9.09. The molecule has 1 aliphatic carbocycles. The summed E-state index contributed by atoms with van der Waals surface area (Å²) < 4.78 is 0.992. The molecule has 3 aromatic carbocycles. The second-order valence-corrected chi connectivity index (χ2v) is 11.1. The minimum absolute atomic E-state index is 0.00569. The first-order chi connectivity index (χ1) is 18.0. The third kappa shape index (κ3) is 5.39. The maximum absolute atomic E-state index is 14.1. The molecule has 1 heterocycles. The fourth-order valence-corrected chi connectivity index (χ4v) is 6.67. The Labute approximate surface area is 226 Å². The highest BCUT2D eigenvalue weighted by atomic mass is 35.5. The van der Waals surface area contributed by atoms with Crippen molar-refractivity contribution in [1.29, 1.82) is 0 Å². The maximum Gasteiger partial charge on any atom is 0.266 e. The Morgan fingerprint density at radius 3 is 2.41 bits per heavy atom. The van der Waals surface area contributed by atoms with Gasteiger partial charge < -0.3 is 20.4 Å². The van der Waals surface area contributed by atoms with Crippen LogP contribution >= 0.6 is 22.9 Å². The number of fused-ring (bicyclic) bond motifs is 1. The van der Waals surface area contributed by atoms with E-state index in [0.717, 1.165) is 52.5 Å². The Hall–Kier alpha value is -2.90. The number of aliphatic hydroxyl groups is 1. The molecule has 1 aliphatic rings. The van der Waals surface area contributed by atoms with Crippen LogP contribution < -0.4 is 5.32 Å². The summed E-state index contributed by atoms with van der Waals surface area (Å²) in [6.45, 7) is 0.293. The summed E-state index contributed by atoms with van der Waals surface area (Å²) in [6, 6.07) is 21.6. The van der Waals surface area contributed by atoms with E-state index in [9.17, 15) is 15.0 Å². The SMILES string of the molecule is CN[C@H]1CC[C@H](N(Cc2cc(-c3ccc(CO)cc3)ccc2O)C(=O)c2sc3ccccc3c2Cl)CC1.